The number of hydrogen-bond acceptors (Lipinski definition) is 2. The van der Waals surface area contributed by atoms with Gasteiger partial charge in [-0.3, -0.25) is 4.79 Å². The van der Waals surface area contributed by atoms with Crippen molar-refractivity contribution in [3.63, 3.8) is 0 Å². The van der Waals surface area contributed by atoms with E-state index in [4.69, 9.17) is 4.42 Å². The van der Waals surface area contributed by atoms with Gasteiger partial charge in [-0.1, -0.05) is 0 Å². The number of amides is 1. The molecule has 2 aromatic rings. The largest absolute Gasteiger partial charge is 0.467 e. The van der Waals surface area contributed by atoms with Crippen molar-refractivity contribution >= 4 is 5.91 Å². The summed E-state index contributed by atoms with van der Waals surface area (Å²) >= 11 is 0. The van der Waals surface area contributed by atoms with E-state index >= 15 is 0 Å². The highest BCUT2D eigenvalue weighted by Crippen LogP contribution is 2.09. The van der Waals surface area contributed by atoms with Gasteiger partial charge < -0.3 is 9.32 Å². The highest BCUT2D eigenvalue weighted by molar-refractivity contribution is 5.93. The van der Waals surface area contributed by atoms with Crippen molar-refractivity contribution in [2.75, 3.05) is 7.05 Å². The fourth-order valence-corrected chi connectivity index (χ4v) is 1.52. The lowest BCUT2D eigenvalue weighted by Crippen LogP contribution is -2.25. The third kappa shape index (κ3) is 2.72. The van der Waals surface area contributed by atoms with Crippen molar-refractivity contribution in [3.05, 3.63) is 59.8 Å². The zero-order valence-electron chi connectivity index (χ0n) is 9.39. The molecule has 1 aromatic heterocycles. The molecule has 0 saturated carbocycles. The lowest BCUT2D eigenvalue weighted by atomic mass is 10.2. The first-order valence-corrected chi connectivity index (χ1v) is 5.20. The number of halogens is 1. The maximum Gasteiger partial charge on any atom is 0.254 e. The summed E-state index contributed by atoms with van der Waals surface area (Å²) in [7, 11) is 1.67. The number of benzene rings is 1. The zero-order valence-corrected chi connectivity index (χ0v) is 9.39. The van der Waals surface area contributed by atoms with Crippen molar-refractivity contribution in [1.82, 2.24) is 4.90 Å². The molecule has 1 aromatic carbocycles. The van der Waals surface area contributed by atoms with E-state index in [0.717, 1.165) is 0 Å². The Morgan fingerprint density at radius 3 is 2.59 bits per heavy atom. The minimum absolute atomic E-state index is 0.165. The summed E-state index contributed by atoms with van der Waals surface area (Å²) in [6.07, 6.45) is 1.56. The number of carbonyl (C=O) groups excluding carboxylic acids is 1. The summed E-state index contributed by atoms with van der Waals surface area (Å²) in [5, 5.41) is 0. The molecule has 0 bridgehead atoms. The molecule has 0 aliphatic heterocycles. The van der Waals surface area contributed by atoms with Gasteiger partial charge in [-0.2, -0.15) is 0 Å². The summed E-state index contributed by atoms with van der Waals surface area (Å²) in [4.78, 5) is 13.5. The SMILES string of the molecule is CN(Cc1ccco1)C(=O)c1ccc(F)cc1. The van der Waals surface area contributed by atoms with Gasteiger partial charge in [0.1, 0.15) is 11.6 Å². The van der Waals surface area contributed by atoms with Crippen LogP contribution in [0.25, 0.3) is 0 Å². The third-order valence-electron chi connectivity index (χ3n) is 2.41. The van der Waals surface area contributed by atoms with E-state index < -0.39 is 0 Å². The molecule has 88 valence electrons. The van der Waals surface area contributed by atoms with Crippen molar-refractivity contribution in [2.24, 2.45) is 0 Å². The van der Waals surface area contributed by atoms with Gasteiger partial charge in [-0.15, -0.1) is 0 Å². The first-order valence-electron chi connectivity index (χ1n) is 5.20. The Labute approximate surface area is 98.5 Å². The molecule has 0 saturated heterocycles. The second-order valence-electron chi connectivity index (χ2n) is 3.75. The lowest BCUT2D eigenvalue weighted by Gasteiger charge is -2.15. The summed E-state index contributed by atoms with van der Waals surface area (Å²) in [6, 6.07) is 9.05. The minimum atomic E-state index is -0.352. The molecule has 0 unspecified atom stereocenters. The van der Waals surface area contributed by atoms with Crippen LogP contribution in [0.15, 0.2) is 47.1 Å². The van der Waals surface area contributed by atoms with Crippen LogP contribution in [0.4, 0.5) is 4.39 Å². The molecular formula is C13H12FNO2. The smallest absolute Gasteiger partial charge is 0.254 e. The van der Waals surface area contributed by atoms with Gasteiger partial charge in [0.15, 0.2) is 0 Å². The standard InChI is InChI=1S/C13H12FNO2/c1-15(9-12-3-2-8-17-12)13(16)10-4-6-11(14)7-5-10/h2-8H,9H2,1H3. The molecular weight excluding hydrogens is 221 g/mol. The molecule has 17 heavy (non-hydrogen) atoms. The molecule has 0 atom stereocenters. The van der Waals surface area contributed by atoms with Gasteiger partial charge in [0, 0.05) is 12.6 Å². The monoisotopic (exact) mass is 233 g/mol. The second kappa shape index (κ2) is 4.82. The normalized spacial score (nSPS) is 10.2. The maximum atomic E-state index is 12.7. The highest BCUT2D eigenvalue weighted by atomic mass is 19.1. The van der Waals surface area contributed by atoms with Gasteiger partial charge in [0.25, 0.3) is 5.91 Å². The topological polar surface area (TPSA) is 33.5 Å². The lowest BCUT2D eigenvalue weighted by molar-refractivity contribution is 0.0775. The molecule has 2 rings (SSSR count). The number of hydrogen-bond donors (Lipinski definition) is 0. The van der Waals surface area contributed by atoms with Crippen LogP contribution in [-0.2, 0) is 6.54 Å². The minimum Gasteiger partial charge on any atom is -0.467 e. The Morgan fingerprint density at radius 2 is 2.00 bits per heavy atom. The summed E-state index contributed by atoms with van der Waals surface area (Å²) in [5.74, 6) is 0.194. The number of carbonyl (C=O) groups is 1. The van der Waals surface area contributed by atoms with E-state index in [2.05, 4.69) is 0 Å². The van der Waals surface area contributed by atoms with Gasteiger partial charge in [0.2, 0.25) is 0 Å². The van der Waals surface area contributed by atoms with Crippen LogP contribution >= 0.6 is 0 Å². The first-order chi connectivity index (χ1) is 8.16. The fourth-order valence-electron chi connectivity index (χ4n) is 1.52. The summed E-state index contributed by atoms with van der Waals surface area (Å²) < 4.78 is 17.9. The van der Waals surface area contributed by atoms with Crippen LogP contribution in [-0.4, -0.2) is 17.9 Å². The zero-order chi connectivity index (χ0) is 12.3. The third-order valence-corrected chi connectivity index (χ3v) is 2.41. The van der Waals surface area contributed by atoms with E-state index in [0.29, 0.717) is 17.9 Å². The van der Waals surface area contributed by atoms with Crippen molar-refractivity contribution in [3.8, 4) is 0 Å². The van der Waals surface area contributed by atoms with Crippen LogP contribution in [0.2, 0.25) is 0 Å². The second-order valence-corrected chi connectivity index (χ2v) is 3.75. The van der Waals surface area contributed by atoms with E-state index in [1.165, 1.54) is 29.2 Å². The summed E-state index contributed by atoms with van der Waals surface area (Å²) in [5.41, 5.74) is 0.459. The number of nitrogens with zero attached hydrogens (tertiary/aromatic N) is 1. The molecule has 4 heteroatoms. The van der Waals surface area contributed by atoms with Crippen LogP contribution in [0.1, 0.15) is 16.1 Å². The molecule has 0 aliphatic rings. The Bertz CT molecular complexity index is 491. The molecule has 0 radical (unpaired) electrons. The van der Waals surface area contributed by atoms with Gasteiger partial charge in [-0.25, -0.2) is 4.39 Å². The van der Waals surface area contributed by atoms with Crippen molar-refractivity contribution < 1.29 is 13.6 Å². The van der Waals surface area contributed by atoms with Crippen molar-refractivity contribution in [2.45, 2.75) is 6.54 Å². The Kier molecular flexibility index (Phi) is 3.23. The van der Waals surface area contributed by atoms with Crippen LogP contribution in [0, 0.1) is 5.82 Å². The fraction of sp³-hybridized carbons (Fsp3) is 0.154. The van der Waals surface area contributed by atoms with Crippen LogP contribution in [0.5, 0.6) is 0 Å². The molecule has 1 amide bonds. The molecule has 0 aliphatic carbocycles. The van der Waals surface area contributed by atoms with Crippen LogP contribution in [0.3, 0.4) is 0 Å². The van der Waals surface area contributed by atoms with E-state index in [9.17, 15) is 9.18 Å². The predicted molar refractivity (Wildman–Crippen MR) is 60.9 cm³/mol. The van der Waals surface area contributed by atoms with Crippen molar-refractivity contribution in [1.29, 1.82) is 0 Å². The number of rotatable bonds is 3. The average molecular weight is 233 g/mol. The Morgan fingerprint density at radius 1 is 1.29 bits per heavy atom. The first kappa shape index (κ1) is 11.4. The predicted octanol–water partition coefficient (Wildman–Crippen LogP) is 2.69. The highest BCUT2D eigenvalue weighted by Gasteiger charge is 2.12. The van der Waals surface area contributed by atoms with Gasteiger partial charge >= 0.3 is 0 Å². The molecule has 0 fully saturated rings. The molecule has 1 heterocycles. The molecule has 0 spiro atoms. The van der Waals surface area contributed by atoms with Gasteiger partial charge in [-0.05, 0) is 36.4 Å². The molecule has 0 N–H and O–H groups in total. The Balaban J connectivity index is 2.07. The molecule has 3 nitrogen and oxygen atoms in total. The van der Waals surface area contributed by atoms with Gasteiger partial charge in [0.05, 0.1) is 12.8 Å². The quantitative estimate of drug-likeness (QED) is 0.816. The Hall–Kier alpha value is -2.10. The van der Waals surface area contributed by atoms with E-state index in [-0.39, 0.29) is 11.7 Å². The summed E-state index contributed by atoms with van der Waals surface area (Å²) in [6.45, 7) is 0.392. The number of furan rings is 1. The average Bonchev–Trinajstić information content (AvgIpc) is 2.82. The maximum absolute atomic E-state index is 12.7. The van der Waals surface area contributed by atoms with E-state index in [1.54, 1.807) is 25.4 Å². The van der Waals surface area contributed by atoms with E-state index in [1.807, 2.05) is 0 Å². The van der Waals surface area contributed by atoms with Crippen LogP contribution < -0.4 is 0 Å².